The Bertz CT molecular complexity index is 461. The minimum Gasteiger partial charge on any atom is -0.351 e. The normalized spacial score (nSPS) is 23.1. The van der Waals surface area contributed by atoms with Gasteiger partial charge in [-0.05, 0) is 31.6 Å². The van der Waals surface area contributed by atoms with Crippen LogP contribution in [0.4, 0.5) is 0 Å². The first-order valence-electron chi connectivity index (χ1n) is 7.91. The van der Waals surface area contributed by atoms with Crippen LogP contribution in [0, 0.1) is 18.8 Å². The van der Waals surface area contributed by atoms with E-state index in [0.29, 0.717) is 0 Å². The summed E-state index contributed by atoms with van der Waals surface area (Å²) < 4.78 is 0. The van der Waals surface area contributed by atoms with E-state index < -0.39 is 0 Å². The van der Waals surface area contributed by atoms with E-state index in [1.54, 1.807) is 11.3 Å². The fourth-order valence-corrected chi connectivity index (χ4v) is 3.76. The molecular formula is C16H28N4S. The molecule has 2 rings (SSSR count). The summed E-state index contributed by atoms with van der Waals surface area (Å²) in [6.45, 7) is 6.33. The maximum Gasteiger partial charge on any atom is 0.193 e. The third-order valence-electron chi connectivity index (χ3n) is 4.33. The predicted octanol–water partition coefficient (Wildman–Crippen LogP) is 3.29. The Balaban J connectivity index is 1.80. The van der Waals surface area contributed by atoms with Crippen molar-refractivity contribution in [3.63, 3.8) is 0 Å². The quantitative estimate of drug-likeness (QED) is 0.685. The third-order valence-corrected chi connectivity index (χ3v) is 5.24. The van der Waals surface area contributed by atoms with Crippen molar-refractivity contribution in [2.24, 2.45) is 16.8 Å². The first-order valence-corrected chi connectivity index (χ1v) is 8.73. The topological polar surface area (TPSA) is 40.5 Å². The highest BCUT2D eigenvalue weighted by Gasteiger charge is 2.20. The molecule has 0 unspecified atom stereocenters. The predicted molar refractivity (Wildman–Crippen MR) is 90.8 cm³/mol. The van der Waals surface area contributed by atoms with E-state index in [4.69, 9.17) is 0 Å². The molecule has 0 atom stereocenters. The van der Waals surface area contributed by atoms with Gasteiger partial charge in [0.15, 0.2) is 5.96 Å². The molecule has 0 aromatic carbocycles. The van der Waals surface area contributed by atoms with Gasteiger partial charge in [-0.15, -0.1) is 11.3 Å². The fraction of sp³-hybridized carbons (Fsp3) is 0.750. The van der Waals surface area contributed by atoms with Crippen LogP contribution in [0.15, 0.2) is 11.2 Å². The minimum absolute atomic E-state index is 0.810. The summed E-state index contributed by atoms with van der Waals surface area (Å²) in [4.78, 5) is 12.2. The second-order valence-electron chi connectivity index (χ2n) is 6.25. The first kappa shape index (κ1) is 16.3. The van der Waals surface area contributed by atoms with E-state index in [-0.39, 0.29) is 0 Å². The number of guanidine groups is 1. The largest absolute Gasteiger partial charge is 0.351 e. The summed E-state index contributed by atoms with van der Waals surface area (Å²) >= 11 is 1.74. The van der Waals surface area contributed by atoms with Gasteiger partial charge in [-0.2, -0.15) is 0 Å². The van der Waals surface area contributed by atoms with Crippen molar-refractivity contribution in [1.29, 1.82) is 0 Å². The minimum atomic E-state index is 0.810. The molecule has 1 aliphatic carbocycles. The van der Waals surface area contributed by atoms with Crippen LogP contribution in [0.5, 0.6) is 0 Å². The van der Waals surface area contributed by atoms with Gasteiger partial charge < -0.3 is 10.2 Å². The number of aromatic nitrogens is 1. The maximum atomic E-state index is 4.41. The molecule has 0 amide bonds. The molecule has 0 aliphatic heterocycles. The van der Waals surface area contributed by atoms with Crippen molar-refractivity contribution in [3.05, 3.63) is 16.1 Å². The molecule has 0 radical (unpaired) electrons. The molecule has 1 aromatic heterocycles. The average Bonchev–Trinajstić information content (AvgIpc) is 2.88. The van der Waals surface area contributed by atoms with Crippen LogP contribution < -0.4 is 5.32 Å². The summed E-state index contributed by atoms with van der Waals surface area (Å²) in [6.07, 6.45) is 7.42. The third kappa shape index (κ3) is 4.99. The number of rotatable bonds is 4. The molecular weight excluding hydrogens is 280 g/mol. The van der Waals surface area contributed by atoms with Crippen molar-refractivity contribution in [3.8, 4) is 0 Å². The molecule has 1 saturated carbocycles. The summed E-state index contributed by atoms with van der Waals surface area (Å²) in [5, 5.41) is 4.56. The molecule has 1 N–H and O–H groups in total. The van der Waals surface area contributed by atoms with E-state index in [9.17, 15) is 0 Å². The summed E-state index contributed by atoms with van der Waals surface area (Å²) in [5.41, 5.74) is 0. The SMILES string of the molecule is CN=C(NCc1cnc(C)s1)N(C)CC1CCC(C)CC1. The van der Waals surface area contributed by atoms with E-state index in [0.717, 1.165) is 35.9 Å². The van der Waals surface area contributed by atoms with Gasteiger partial charge in [0, 0.05) is 31.7 Å². The van der Waals surface area contributed by atoms with Crippen molar-refractivity contribution < 1.29 is 0 Å². The van der Waals surface area contributed by atoms with Crippen molar-refractivity contribution in [2.75, 3.05) is 20.6 Å². The average molecular weight is 308 g/mol. The molecule has 0 spiro atoms. The van der Waals surface area contributed by atoms with E-state index in [1.165, 1.54) is 30.6 Å². The zero-order chi connectivity index (χ0) is 15.2. The standard InChI is InChI=1S/C16H28N4S/c1-12-5-7-14(8-6-12)11-20(4)16(17-3)19-10-15-9-18-13(2)21-15/h9,12,14H,5-8,10-11H2,1-4H3,(H,17,19). The highest BCUT2D eigenvalue weighted by molar-refractivity contribution is 7.11. The Morgan fingerprint density at radius 1 is 1.43 bits per heavy atom. The van der Waals surface area contributed by atoms with Crippen LogP contribution in [0.3, 0.4) is 0 Å². The maximum absolute atomic E-state index is 4.41. The smallest absolute Gasteiger partial charge is 0.193 e. The van der Waals surface area contributed by atoms with E-state index in [1.807, 2.05) is 20.2 Å². The Morgan fingerprint density at radius 2 is 2.14 bits per heavy atom. The lowest BCUT2D eigenvalue weighted by molar-refractivity contribution is 0.250. The number of hydrogen-bond acceptors (Lipinski definition) is 3. The number of aryl methyl sites for hydroxylation is 1. The molecule has 1 aromatic rings. The highest BCUT2D eigenvalue weighted by atomic mass is 32.1. The van der Waals surface area contributed by atoms with Crippen LogP contribution in [0.2, 0.25) is 0 Å². The molecule has 1 heterocycles. The van der Waals surface area contributed by atoms with Crippen molar-refractivity contribution in [1.82, 2.24) is 15.2 Å². The Labute approximate surface area is 132 Å². The number of hydrogen-bond donors (Lipinski definition) is 1. The molecule has 5 heteroatoms. The van der Waals surface area contributed by atoms with E-state index >= 15 is 0 Å². The van der Waals surface area contributed by atoms with Crippen LogP contribution in [0.25, 0.3) is 0 Å². The number of thiazole rings is 1. The second kappa shape index (κ2) is 7.78. The molecule has 0 saturated heterocycles. The fourth-order valence-electron chi connectivity index (χ4n) is 3.02. The number of nitrogens with zero attached hydrogens (tertiary/aromatic N) is 3. The van der Waals surface area contributed by atoms with Gasteiger partial charge in [-0.1, -0.05) is 19.8 Å². The summed E-state index contributed by atoms with van der Waals surface area (Å²) in [6, 6.07) is 0. The number of aliphatic imine (C=N–C) groups is 1. The van der Waals surface area contributed by atoms with Crippen LogP contribution >= 0.6 is 11.3 Å². The van der Waals surface area contributed by atoms with Crippen molar-refractivity contribution in [2.45, 2.75) is 46.1 Å². The Kier molecular flexibility index (Phi) is 6.03. The first-order chi connectivity index (χ1) is 10.1. The van der Waals surface area contributed by atoms with Crippen LogP contribution in [-0.2, 0) is 6.54 Å². The summed E-state index contributed by atoms with van der Waals surface area (Å²) in [5.74, 6) is 2.72. The molecule has 4 nitrogen and oxygen atoms in total. The van der Waals surface area contributed by atoms with Crippen molar-refractivity contribution >= 4 is 17.3 Å². The Hall–Kier alpha value is -1.10. The van der Waals surface area contributed by atoms with Gasteiger partial charge in [0.25, 0.3) is 0 Å². The Morgan fingerprint density at radius 3 is 2.71 bits per heavy atom. The lowest BCUT2D eigenvalue weighted by Gasteiger charge is -2.31. The molecule has 1 fully saturated rings. The van der Waals surface area contributed by atoms with Gasteiger partial charge in [-0.25, -0.2) is 4.98 Å². The molecule has 21 heavy (non-hydrogen) atoms. The van der Waals surface area contributed by atoms with Gasteiger partial charge in [0.05, 0.1) is 11.6 Å². The van der Waals surface area contributed by atoms with Gasteiger partial charge >= 0.3 is 0 Å². The summed E-state index contributed by atoms with van der Waals surface area (Å²) in [7, 11) is 4.00. The second-order valence-corrected chi connectivity index (χ2v) is 7.57. The zero-order valence-corrected chi connectivity index (χ0v) is 14.5. The van der Waals surface area contributed by atoms with Gasteiger partial charge in [0.2, 0.25) is 0 Å². The van der Waals surface area contributed by atoms with E-state index in [2.05, 4.69) is 34.2 Å². The zero-order valence-electron chi connectivity index (χ0n) is 13.7. The van der Waals surface area contributed by atoms with Gasteiger partial charge in [-0.3, -0.25) is 4.99 Å². The molecule has 118 valence electrons. The molecule has 0 bridgehead atoms. The lowest BCUT2D eigenvalue weighted by Crippen LogP contribution is -2.41. The van der Waals surface area contributed by atoms with Crippen LogP contribution in [-0.4, -0.2) is 36.5 Å². The van der Waals surface area contributed by atoms with Gasteiger partial charge in [0.1, 0.15) is 0 Å². The van der Waals surface area contributed by atoms with Crippen LogP contribution in [0.1, 0.15) is 42.5 Å². The molecule has 1 aliphatic rings. The monoisotopic (exact) mass is 308 g/mol. The highest BCUT2D eigenvalue weighted by Crippen LogP contribution is 2.28. The lowest BCUT2D eigenvalue weighted by atomic mass is 9.83. The number of nitrogens with one attached hydrogen (secondary N) is 1.